The average molecular weight is 266 g/mol. The molecule has 1 rings (SSSR count). The fourth-order valence-electron chi connectivity index (χ4n) is 1.74. The molecule has 1 N–H and O–H groups in total. The van der Waals surface area contributed by atoms with Gasteiger partial charge in [0.25, 0.3) is 0 Å². The summed E-state index contributed by atoms with van der Waals surface area (Å²) < 4.78 is 11.1. The number of unbranched alkanes of at least 4 members (excludes halogenated alkanes) is 3. The first kappa shape index (κ1) is 15.3. The smallest absolute Gasteiger partial charge is 0.335 e. The molecule has 0 radical (unpaired) electrons. The van der Waals surface area contributed by atoms with Crippen molar-refractivity contribution in [3.63, 3.8) is 0 Å². The highest BCUT2D eigenvalue weighted by Crippen LogP contribution is 2.28. The second-order valence-electron chi connectivity index (χ2n) is 4.31. The van der Waals surface area contributed by atoms with Crippen LogP contribution in [0.15, 0.2) is 18.2 Å². The van der Waals surface area contributed by atoms with Crippen molar-refractivity contribution in [3.05, 3.63) is 23.8 Å². The highest BCUT2D eigenvalue weighted by Gasteiger charge is 2.10. The second-order valence-corrected chi connectivity index (χ2v) is 4.31. The molecule has 0 atom stereocenters. The number of carboxylic acid groups (broad SMARTS) is 1. The van der Waals surface area contributed by atoms with Gasteiger partial charge in [-0.3, -0.25) is 0 Å². The quantitative estimate of drug-likeness (QED) is 0.692. The van der Waals surface area contributed by atoms with Gasteiger partial charge >= 0.3 is 5.97 Å². The van der Waals surface area contributed by atoms with E-state index < -0.39 is 5.97 Å². The third kappa shape index (κ3) is 5.20. The Morgan fingerprint density at radius 1 is 1.11 bits per heavy atom. The summed E-state index contributed by atoms with van der Waals surface area (Å²) in [6.07, 6.45) is 4.55. The van der Waals surface area contributed by atoms with Gasteiger partial charge in [-0.15, -0.1) is 0 Å². The van der Waals surface area contributed by atoms with Crippen LogP contribution in [0.3, 0.4) is 0 Å². The summed E-state index contributed by atoms with van der Waals surface area (Å²) in [5.74, 6) is 0.150. The number of benzene rings is 1. The van der Waals surface area contributed by atoms with E-state index in [0.717, 1.165) is 12.8 Å². The van der Waals surface area contributed by atoms with Gasteiger partial charge in [-0.2, -0.15) is 0 Å². The van der Waals surface area contributed by atoms with Crippen LogP contribution in [0.5, 0.6) is 11.5 Å². The maximum Gasteiger partial charge on any atom is 0.335 e. The summed E-state index contributed by atoms with van der Waals surface area (Å²) in [5, 5.41) is 8.95. The molecule has 0 aromatic heterocycles. The molecule has 4 nitrogen and oxygen atoms in total. The Kier molecular flexibility index (Phi) is 6.79. The Labute approximate surface area is 114 Å². The SMILES string of the molecule is CCCCCCOc1ccc(C(=O)O)cc1OCC. The molecule has 0 aliphatic heterocycles. The third-order valence-corrected chi connectivity index (χ3v) is 2.75. The molecule has 0 saturated heterocycles. The number of ether oxygens (including phenoxy) is 2. The summed E-state index contributed by atoms with van der Waals surface area (Å²) in [6, 6.07) is 4.70. The van der Waals surface area contributed by atoms with Gasteiger partial charge in [-0.05, 0) is 31.5 Å². The number of rotatable bonds is 9. The number of hydrogen-bond acceptors (Lipinski definition) is 3. The van der Waals surface area contributed by atoms with Gasteiger partial charge < -0.3 is 14.6 Å². The fourth-order valence-corrected chi connectivity index (χ4v) is 1.74. The standard InChI is InChI=1S/C15H22O4/c1-3-5-6-7-10-19-13-9-8-12(15(16)17)11-14(13)18-4-2/h8-9,11H,3-7,10H2,1-2H3,(H,16,17). The van der Waals surface area contributed by atoms with Gasteiger partial charge in [0.05, 0.1) is 18.8 Å². The van der Waals surface area contributed by atoms with Gasteiger partial charge in [-0.1, -0.05) is 26.2 Å². The van der Waals surface area contributed by atoms with Crippen molar-refractivity contribution >= 4 is 5.97 Å². The largest absolute Gasteiger partial charge is 0.490 e. The summed E-state index contributed by atoms with van der Waals surface area (Å²) in [6.45, 7) is 5.14. The lowest BCUT2D eigenvalue weighted by Gasteiger charge is -2.12. The van der Waals surface area contributed by atoms with Crippen molar-refractivity contribution in [2.24, 2.45) is 0 Å². The number of carboxylic acids is 1. The molecular formula is C15H22O4. The molecule has 0 fully saturated rings. The zero-order valence-electron chi connectivity index (χ0n) is 11.6. The topological polar surface area (TPSA) is 55.8 Å². The predicted octanol–water partition coefficient (Wildman–Crippen LogP) is 3.74. The van der Waals surface area contributed by atoms with Crippen LogP contribution in [0.25, 0.3) is 0 Å². The second kappa shape index (κ2) is 8.40. The fraction of sp³-hybridized carbons (Fsp3) is 0.533. The number of aromatic carboxylic acids is 1. The Morgan fingerprint density at radius 3 is 2.53 bits per heavy atom. The lowest BCUT2D eigenvalue weighted by Crippen LogP contribution is -2.03. The molecule has 0 aliphatic carbocycles. The molecule has 0 spiro atoms. The molecular weight excluding hydrogens is 244 g/mol. The van der Waals surface area contributed by atoms with E-state index >= 15 is 0 Å². The lowest BCUT2D eigenvalue weighted by molar-refractivity contribution is 0.0696. The minimum absolute atomic E-state index is 0.210. The minimum Gasteiger partial charge on any atom is -0.490 e. The molecule has 4 heteroatoms. The van der Waals surface area contributed by atoms with Crippen LogP contribution < -0.4 is 9.47 Å². The van der Waals surface area contributed by atoms with Gasteiger partial charge in [-0.25, -0.2) is 4.79 Å². The van der Waals surface area contributed by atoms with E-state index in [9.17, 15) is 4.79 Å². The van der Waals surface area contributed by atoms with Crippen LogP contribution in [-0.4, -0.2) is 24.3 Å². The molecule has 0 amide bonds. The van der Waals surface area contributed by atoms with Gasteiger partial charge in [0.2, 0.25) is 0 Å². The normalized spacial score (nSPS) is 10.2. The highest BCUT2D eigenvalue weighted by molar-refractivity contribution is 5.88. The van der Waals surface area contributed by atoms with Crippen LogP contribution in [0.2, 0.25) is 0 Å². The van der Waals surface area contributed by atoms with E-state index in [4.69, 9.17) is 14.6 Å². The monoisotopic (exact) mass is 266 g/mol. The van der Waals surface area contributed by atoms with Crippen LogP contribution in [0, 0.1) is 0 Å². The molecule has 0 heterocycles. The first-order valence-corrected chi connectivity index (χ1v) is 6.82. The van der Waals surface area contributed by atoms with Crippen LogP contribution >= 0.6 is 0 Å². The predicted molar refractivity (Wildman–Crippen MR) is 74.2 cm³/mol. The number of carbonyl (C=O) groups is 1. The molecule has 0 unspecified atom stereocenters. The highest BCUT2D eigenvalue weighted by atomic mass is 16.5. The van der Waals surface area contributed by atoms with E-state index in [2.05, 4.69) is 6.92 Å². The minimum atomic E-state index is -0.963. The zero-order valence-corrected chi connectivity index (χ0v) is 11.6. The number of hydrogen-bond donors (Lipinski definition) is 1. The van der Waals surface area contributed by atoms with Crippen molar-refractivity contribution in [3.8, 4) is 11.5 Å². The Morgan fingerprint density at radius 2 is 1.89 bits per heavy atom. The summed E-state index contributed by atoms with van der Waals surface area (Å²) >= 11 is 0. The van der Waals surface area contributed by atoms with Crippen molar-refractivity contribution in [2.45, 2.75) is 39.5 Å². The Hall–Kier alpha value is -1.71. The summed E-state index contributed by atoms with van der Waals surface area (Å²) in [5.41, 5.74) is 0.210. The van der Waals surface area contributed by atoms with Crippen LogP contribution in [0.1, 0.15) is 49.9 Å². The molecule has 19 heavy (non-hydrogen) atoms. The molecule has 0 bridgehead atoms. The van der Waals surface area contributed by atoms with E-state index in [1.54, 1.807) is 6.07 Å². The molecule has 0 saturated carbocycles. The first-order valence-electron chi connectivity index (χ1n) is 6.82. The Balaban J connectivity index is 2.62. The van der Waals surface area contributed by atoms with Crippen molar-refractivity contribution in [1.82, 2.24) is 0 Å². The molecule has 106 valence electrons. The van der Waals surface area contributed by atoms with Gasteiger partial charge in [0.1, 0.15) is 0 Å². The van der Waals surface area contributed by atoms with Crippen molar-refractivity contribution < 1.29 is 19.4 Å². The average Bonchev–Trinajstić information content (AvgIpc) is 2.40. The maximum absolute atomic E-state index is 10.9. The van der Waals surface area contributed by atoms with E-state index in [1.165, 1.54) is 25.0 Å². The summed E-state index contributed by atoms with van der Waals surface area (Å²) in [7, 11) is 0. The Bertz CT molecular complexity index is 401. The molecule has 1 aromatic carbocycles. The van der Waals surface area contributed by atoms with Gasteiger partial charge in [0, 0.05) is 0 Å². The molecule has 1 aromatic rings. The van der Waals surface area contributed by atoms with E-state index in [-0.39, 0.29) is 5.56 Å². The zero-order chi connectivity index (χ0) is 14.1. The van der Waals surface area contributed by atoms with Crippen LogP contribution in [0.4, 0.5) is 0 Å². The van der Waals surface area contributed by atoms with Crippen LogP contribution in [-0.2, 0) is 0 Å². The third-order valence-electron chi connectivity index (χ3n) is 2.75. The first-order chi connectivity index (χ1) is 9.19. The molecule has 0 aliphatic rings. The summed E-state index contributed by atoms with van der Waals surface area (Å²) in [4.78, 5) is 10.9. The van der Waals surface area contributed by atoms with Crippen molar-refractivity contribution in [1.29, 1.82) is 0 Å². The van der Waals surface area contributed by atoms with Crippen molar-refractivity contribution in [2.75, 3.05) is 13.2 Å². The van der Waals surface area contributed by atoms with E-state index in [1.807, 2.05) is 6.92 Å². The van der Waals surface area contributed by atoms with Gasteiger partial charge in [0.15, 0.2) is 11.5 Å². The van der Waals surface area contributed by atoms with E-state index in [0.29, 0.717) is 24.7 Å². The lowest BCUT2D eigenvalue weighted by atomic mass is 10.2. The maximum atomic E-state index is 10.9.